The van der Waals surface area contributed by atoms with E-state index in [0.29, 0.717) is 28.1 Å². The summed E-state index contributed by atoms with van der Waals surface area (Å²) in [6.07, 6.45) is 3.92. The summed E-state index contributed by atoms with van der Waals surface area (Å²) in [5, 5.41) is 7.62. The number of rotatable bonds is 8. The molecule has 3 aromatic rings. The molecule has 1 aliphatic heterocycles. The van der Waals surface area contributed by atoms with Crippen molar-refractivity contribution in [3.63, 3.8) is 0 Å². The second-order valence-corrected chi connectivity index (χ2v) is 11.3. The molecule has 1 saturated heterocycles. The van der Waals surface area contributed by atoms with Crippen LogP contribution in [0.2, 0.25) is 5.02 Å². The van der Waals surface area contributed by atoms with Crippen molar-refractivity contribution in [1.29, 1.82) is 0 Å². The molecule has 0 atom stereocenters. The average molecular weight is 512 g/mol. The molecule has 0 spiro atoms. The van der Waals surface area contributed by atoms with Crippen LogP contribution in [0.15, 0.2) is 47.5 Å². The molecule has 0 radical (unpaired) electrons. The Kier molecular flexibility index (Phi) is 8.36. The quantitative estimate of drug-likeness (QED) is 0.339. The van der Waals surface area contributed by atoms with Gasteiger partial charge in [-0.15, -0.1) is 11.8 Å². The van der Waals surface area contributed by atoms with Crippen LogP contribution >= 0.6 is 23.4 Å². The average Bonchev–Trinajstić information content (AvgIpc) is 2.83. The third-order valence-electron chi connectivity index (χ3n) is 6.08. The number of halogens is 1. The number of para-hydroxylation sites is 1. The summed E-state index contributed by atoms with van der Waals surface area (Å²) in [5.41, 5.74) is 2.75. The van der Waals surface area contributed by atoms with Crippen LogP contribution in [0.25, 0.3) is 0 Å². The highest BCUT2D eigenvalue weighted by Crippen LogP contribution is 2.34. The highest BCUT2D eigenvalue weighted by Gasteiger charge is 2.22. The van der Waals surface area contributed by atoms with Gasteiger partial charge in [-0.1, -0.05) is 37.6 Å². The van der Waals surface area contributed by atoms with E-state index in [0.717, 1.165) is 53.7 Å². The Balaban J connectivity index is 1.47. The first-order valence-corrected chi connectivity index (χ1v) is 13.3. The summed E-state index contributed by atoms with van der Waals surface area (Å²) < 4.78 is 0. The molecule has 2 aromatic heterocycles. The number of benzene rings is 1. The van der Waals surface area contributed by atoms with Crippen LogP contribution in [0.1, 0.15) is 32.4 Å². The molecule has 0 unspecified atom stereocenters. The molecule has 7 nitrogen and oxygen atoms in total. The molecule has 4 rings (SSSR count). The van der Waals surface area contributed by atoms with Crippen LogP contribution in [0.3, 0.4) is 0 Å². The lowest BCUT2D eigenvalue weighted by Crippen LogP contribution is -2.42. The number of piperidine rings is 1. The predicted molar refractivity (Wildman–Crippen MR) is 149 cm³/mol. The van der Waals surface area contributed by atoms with Gasteiger partial charge in [-0.3, -0.25) is 0 Å². The Labute approximate surface area is 217 Å². The maximum Gasteiger partial charge on any atom is 0.229 e. The lowest BCUT2D eigenvalue weighted by Gasteiger charge is -2.36. The van der Waals surface area contributed by atoms with Gasteiger partial charge in [0.2, 0.25) is 5.95 Å². The van der Waals surface area contributed by atoms with E-state index >= 15 is 0 Å². The number of pyridine rings is 1. The SMILES string of the molecule is Cc1nc(N2CCC(N(C)C)CC2)ccc1Nc1ncc(Cl)c(Nc2ccccc2SC(C)C)n1. The second-order valence-electron chi connectivity index (χ2n) is 9.29. The topological polar surface area (TPSA) is 69.2 Å². The molecule has 9 heteroatoms. The van der Waals surface area contributed by atoms with Crippen LogP contribution in [0.4, 0.5) is 29.0 Å². The molecule has 0 bridgehead atoms. The molecule has 0 saturated carbocycles. The Hall–Kier alpha value is -2.55. The van der Waals surface area contributed by atoms with Gasteiger partial charge in [0.1, 0.15) is 10.8 Å². The standard InChI is InChI=1S/C26H34ClN7S/c1-17(2)35-23-9-7-6-8-22(23)30-25-20(27)16-28-26(32-25)31-21-10-11-24(29-18(21)3)34-14-12-19(13-15-34)33(4)5/h6-11,16-17,19H,12-15H2,1-5H3,(H2,28,30,31,32). The van der Waals surface area contributed by atoms with E-state index in [1.54, 1.807) is 18.0 Å². The maximum atomic E-state index is 6.43. The predicted octanol–water partition coefficient (Wildman–Crippen LogP) is 6.35. The van der Waals surface area contributed by atoms with Crippen LogP contribution in [-0.2, 0) is 0 Å². The molecule has 0 aliphatic carbocycles. The number of hydrogen-bond acceptors (Lipinski definition) is 8. The second kappa shape index (κ2) is 11.5. The van der Waals surface area contributed by atoms with Gasteiger partial charge in [-0.2, -0.15) is 4.98 Å². The van der Waals surface area contributed by atoms with Crippen molar-refractivity contribution in [3.8, 4) is 0 Å². The first-order chi connectivity index (χ1) is 16.8. The highest BCUT2D eigenvalue weighted by atomic mass is 35.5. The van der Waals surface area contributed by atoms with E-state index < -0.39 is 0 Å². The van der Waals surface area contributed by atoms with E-state index in [1.807, 2.05) is 25.1 Å². The van der Waals surface area contributed by atoms with Gasteiger partial charge in [0.25, 0.3) is 0 Å². The third kappa shape index (κ3) is 6.57. The van der Waals surface area contributed by atoms with Crippen molar-refractivity contribution in [2.24, 2.45) is 0 Å². The summed E-state index contributed by atoms with van der Waals surface area (Å²) in [5.74, 6) is 2.05. The molecule has 186 valence electrons. The number of anilines is 5. The smallest absolute Gasteiger partial charge is 0.229 e. The van der Waals surface area contributed by atoms with Crippen molar-refractivity contribution in [1.82, 2.24) is 19.9 Å². The minimum Gasteiger partial charge on any atom is -0.356 e. The van der Waals surface area contributed by atoms with Gasteiger partial charge in [0.15, 0.2) is 5.82 Å². The first kappa shape index (κ1) is 25.5. The van der Waals surface area contributed by atoms with E-state index in [9.17, 15) is 0 Å². The summed E-state index contributed by atoms with van der Waals surface area (Å²) >= 11 is 8.23. The zero-order chi connectivity index (χ0) is 24.9. The number of nitrogens with one attached hydrogen (secondary N) is 2. The van der Waals surface area contributed by atoms with Crippen molar-refractivity contribution >= 4 is 52.3 Å². The molecular weight excluding hydrogens is 478 g/mol. The third-order valence-corrected chi connectivity index (χ3v) is 7.44. The van der Waals surface area contributed by atoms with Crippen LogP contribution in [0.5, 0.6) is 0 Å². The lowest BCUT2D eigenvalue weighted by atomic mass is 10.0. The fraction of sp³-hybridized carbons (Fsp3) is 0.423. The van der Waals surface area contributed by atoms with Crippen LogP contribution < -0.4 is 15.5 Å². The fourth-order valence-electron chi connectivity index (χ4n) is 4.16. The van der Waals surface area contributed by atoms with Crippen molar-refractivity contribution < 1.29 is 0 Å². The summed E-state index contributed by atoms with van der Waals surface area (Å²) in [4.78, 5) is 19.7. The van der Waals surface area contributed by atoms with Gasteiger partial charge in [0, 0.05) is 29.3 Å². The van der Waals surface area contributed by atoms with Crippen molar-refractivity contribution in [2.75, 3.05) is 42.7 Å². The first-order valence-electron chi connectivity index (χ1n) is 12.0. The van der Waals surface area contributed by atoms with Gasteiger partial charge < -0.3 is 20.4 Å². The Morgan fingerprint density at radius 3 is 2.46 bits per heavy atom. The van der Waals surface area contributed by atoms with Crippen molar-refractivity contribution in [3.05, 3.63) is 53.3 Å². The lowest BCUT2D eigenvalue weighted by molar-refractivity contribution is 0.249. The summed E-state index contributed by atoms with van der Waals surface area (Å²) in [6, 6.07) is 12.9. The Morgan fingerprint density at radius 1 is 1.03 bits per heavy atom. The molecular formula is C26H34ClN7S. The number of nitrogens with zero attached hydrogens (tertiary/aromatic N) is 5. The van der Waals surface area contributed by atoms with Crippen LogP contribution in [-0.4, -0.2) is 58.3 Å². The Morgan fingerprint density at radius 2 is 1.77 bits per heavy atom. The summed E-state index contributed by atoms with van der Waals surface area (Å²) in [6.45, 7) is 8.40. The van der Waals surface area contributed by atoms with E-state index in [2.05, 4.69) is 76.5 Å². The number of aromatic nitrogens is 3. The minimum atomic E-state index is 0.464. The van der Waals surface area contributed by atoms with E-state index in [-0.39, 0.29) is 0 Å². The van der Waals surface area contributed by atoms with Gasteiger partial charge in [-0.05, 0) is 58.1 Å². The molecule has 1 aromatic carbocycles. The molecule has 1 aliphatic rings. The molecule has 1 fully saturated rings. The summed E-state index contributed by atoms with van der Waals surface area (Å²) in [7, 11) is 4.32. The van der Waals surface area contributed by atoms with Gasteiger partial charge in [0.05, 0.1) is 23.3 Å². The van der Waals surface area contributed by atoms with Gasteiger partial charge >= 0.3 is 0 Å². The van der Waals surface area contributed by atoms with Crippen LogP contribution in [0, 0.1) is 6.92 Å². The van der Waals surface area contributed by atoms with Gasteiger partial charge in [-0.25, -0.2) is 9.97 Å². The molecule has 2 N–H and O–H groups in total. The normalized spacial score (nSPS) is 14.6. The zero-order valence-corrected chi connectivity index (χ0v) is 22.6. The number of hydrogen-bond donors (Lipinski definition) is 2. The maximum absolute atomic E-state index is 6.43. The zero-order valence-electron chi connectivity index (χ0n) is 21.0. The van der Waals surface area contributed by atoms with E-state index in [4.69, 9.17) is 16.6 Å². The monoisotopic (exact) mass is 511 g/mol. The molecule has 0 amide bonds. The highest BCUT2D eigenvalue weighted by molar-refractivity contribution is 8.00. The molecule has 3 heterocycles. The fourth-order valence-corrected chi connectivity index (χ4v) is 5.21. The number of thioether (sulfide) groups is 1. The Bertz CT molecular complexity index is 1150. The largest absolute Gasteiger partial charge is 0.356 e. The molecule has 35 heavy (non-hydrogen) atoms. The minimum absolute atomic E-state index is 0.464. The van der Waals surface area contributed by atoms with E-state index in [1.165, 1.54) is 0 Å². The van der Waals surface area contributed by atoms with Crippen molar-refractivity contribution in [2.45, 2.75) is 49.8 Å². The number of aryl methyl sites for hydroxylation is 1.